The summed E-state index contributed by atoms with van der Waals surface area (Å²) in [6.07, 6.45) is 6.35. The zero-order valence-corrected chi connectivity index (χ0v) is 13.5. The van der Waals surface area contributed by atoms with E-state index in [1.807, 2.05) is 6.92 Å². The van der Waals surface area contributed by atoms with E-state index in [2.05, 4.69) is 28.7 Å². The summed E-state index contributed by atoms with van der Waals surface area (Å²) in [7, 11) is 0. The van der Waals surface area contributed by atoms with E-state index < -0.39 is 5.54 Å². The van der Waals surface area contributed by atoms with Gasteiger partial charge in [-0.25, -0.2) is 4.98 Å². The van der Waals surface area contributed by atoms with Gasteiger partial charge in [0.1, 0.15) is 5.82 Å². The highest BCUT2D eigenvalue weighted by Gasteiger charge is 2.30. The van der Waals surface area contributed by atoms with Gasteiger partial charge in [-0.15, -0.1) is 0 Å². The molecule has 1 heterocycles. The van der Waals surface area contributed by atoms with E-state index >= 15 is 0 Å². The van der Waals surface area contributed by atoms with Crippen molar-refractivity contribution in [2.45, 2.75) is 71.4 Å². The van der Waals surface area contributed by atoms with Crippen molar-refractivity contribution in [3.05, 3.63) is 17.2 Å². The summed E-state index contributed by atoms with van der Waals surface area (Å²) in [6, 6.07) is 0. The quantitative estimate of drug-likeness (QED) is 0.803. The molecule has 0 aromatic carbocycles. The molecule has 1 unspecified atom stereocenters. The third kappa shape index (κ3) is 3.46. The van der Waals surface area contributed by atoms with Crippen molar-refractivity contribution < 1.29 is 4.79 Å². The van der Waals surface area contributed by atoms with E-state index in [0.717, 1.165) is 38.2 Å². The molecule has 1 amide bonds. The van der Waals surface area contributed by atoms with Crippen LogP contribution >= 0.6 is 0 Å². The molecule has 5 nitrogen and oxygen atoms in total. The number of imidazole rings is 1. The van der Waals surface area contributed by atoms with Gasteiger partial charge in [0, 0.05) is 12.2 Å². The summed E-state index contributed by atoms with van der Waals surface area (Å²) in [4.78, 5) is 16.5. The minimum atomic E-state index is -0.645. The van der Waals surface area contributed by atoms with Crippen molar-refractivity contribution in [2.75, 3.05) is 6.54 Å². The summed E-state index contributed by atoms with van der Waals surface area (Å²) in [6.45, 7) is 7.65. The minimum absolute atomic E-state index is 0.275. The van der Waals surface area contributed by atoms with Gasteiger partial charge in [0.25, 0.3) is 0 Å². The Bertz CT molecular complexity index is 509. The van der Waals surface area contributed by atoms with Crippen molar-refractivity contribution in [3.63, 3.8) is 0 Å². The lowest BCUT2D eigenvalue weighted by molar-refractivity contribution is -0.124. The van der Waals surface area contributed by atoms with Crippen molar-refractivity contribution in [2.24, 2.45) is 5.73 Å². The molecule has 1 aliphatic carbocycles. The number of nitrogens with zero attached hydrogens (tertiary/aromatic N) is 2. The van der Waals surface area contributed by atoms with Crippen LogP contribution in [-0.2, 0) is 24.2 Å². The predicted molar refractivity (Wildman–Crippen MR) is 84.1 cm³/mol. The molecule has 0 fully saturated rings. The molecule has 0 saturated heterocycles. The van der Waals surface area contributed by atoms with Gasteiger partial charge < -0.3 is 15.6 Å². The SMILES string of the molecule is CCCNC(C)(CCn1c(C)nc2c1CCCC2)C(N)=O. The number of fused-ring (bicyclic) bond motifs is 1. The van der Waals surface area contributed by atoms with Gasteiger partial charge in [0.2, 0.25) is 5.91 Å². The van der Waals surface area contributed by atoms with Gasteiger partial charge in [-0.1, -0.05) is 6.92 Å². The minimum Gasteiger partial charge on any atom is -0.368 e. The number of aromatic nitrogens is 2. The molecule has 1 aromatic heterocycles. The highest BCUT2D eigenvalue weighted by molar-refractivity contribution is 5.84. The van der Waals surface area contributed by atoms with Crippen molar-refractivity contribution in [1.29, 1.82) is 0 Å². The second-order valence-electron chi connectivity index (χ2n) is 6.28. The molecule has 5 heteroatoms. The van der Waals surface area contributed by atoms with Crippen LogP contribution in [0.5, 0.6) is 0 Å². The van der Waals surface area contributed by atoms with Gasteiger partial charge in [0.05, 0.1) is 11.2 Å². The Kier molecular flexibility index (Phi) is 5.04. The van der Waals surface area contributed by atoms with Gasteiger partial charge in [-0.2, -0.15) is 0 Å². The predicted octanol–water partition coefficient (Wildman–Crippen LogP) is 1.70. The molecule has 0 radical (unpaired) electrons. The molecule has 21 heavy (non-hydrogen) atoms. The van der Waals surface area contributed by atoms with Gasteiger partial charge >= 0.3 is 0 Å². The van der Waals surface area contributed by atoms with Crippen LogP contribution in [0.4, 0.5) is 0 Å². The maximum absolute atomic E-state index is 11.8. The fourth-order valence-electron chi connectivity index (χ4n) is 3.07. The molecule has 1 aromatic rings. The van der Waals surface area contributed by atoms with E-state index in [9.17, 15) is 4.79 Å². The topological polar surface area (TPSA) is 72.9 Å². The smallest absolute Gasteiger partial charge is 0.237 e. The molecule has 0 saturated carbocycles. The van der Waals surface area contributed by atoms with Gasteiger partial charge in [0.15, 0.2) is 0 Å². The van der Waals surface area contributed by atoms with E-state index in [1.54, 1.807) is 0 Å². The van der Waals surface area contributed by atoms with Crippen LogP contribution < -0.4 is 11.1 Å². The maximum atomic E-state index is 11.8. The van der Waals surface area contributed by atoms with Crippen LogP contribution in [0.15, 0.2) is 0 Å². The highest BCUT2D eigenvalue weighted by atomic mass is 16.1. The van der Waals surface area contributed by atoms with Crippen LogP contribution in [0.3, 0.4) is 0 Å². The standard InChI is InChI=1S/C16H28N4O/c1-4-10-18-16(3,15(17)21)9-11-20-12(2)19-13-7-5-6-8-14(13)20/h18H,4-11H2,1-3H3,(H2,17,21). The van der Waals surface area contributed by atoms with E-state index in [-0.39, 0.29) is 5.91 Å². The van der Waals surface area contributed by atoms with Crippen LogP contribution in [0.2, 0.25) is 0 Å². The first kappa shape index (κ1) is 16.0. The number of carbonyl (C=O) groups excluding carboxylic acids is 1. The zero-order chi connectivity index (χ0) is 15.5. The lowest BCUT2D eigenvalue weighted by Crippen LogP contribution is -2.53. The molecule has 118 valence electrons. The van der Waals surface area contributed by atoms with Crippen LogP contribution in [0.1, 0.15) is 56.7 Å². The number of nitrogens with two attached hydrogens (primary N) is 1. The summed E-state index contributed by atoms with van der Waals surface area (Å²) in [5.74, 6) is 0.784. The highest BCUT2D eigenvalue weighted by Crippen LogP contribution is 2.23. The van der Waals surface area contributed by atoms with Crippen LogP contribution in [-0.4, -0.2) is 27.5 Å². The number of amides is 1. The summed E-state index contributed by atoms with van der Waals surface area (Å²) >= 11 is 0. The average Bonchev–Trinajstić information content (AvgIpc) is 2.78. The Balaban J connectivity index is 2.11. The molecular formula is C16H28N4O. The normalized spacial score (nSPS) is 17.3. The molecule has 1 atom stereocenters. The Morgan fingerprint density at radius 1 is 1.43 bits per heavy atom. The van der Waals surface area contributed by atoms with E-state index in [0.29, 0.717) is 6.42 Å². The summed E-state index contributed by atoms with van der Waals surface area (Å²) < 4.78 is 2.28. The Labute approximate surface area is 127 Å². The van der Waals surface area contributed by atoms with Crippen LogP contribution in [0.25, 0.3) is 0 Å². The second-order valence-corrected chi connectivity index (χ2v) is 6.28. The number of nitrogens with one attached hydrogen (secondary N) is 1. The first-order valence-electron chi connectivity index (χ1n) is 8.07. The number of rotatable bonds is 7. The number of carbonyl (C=O) groups is 1. The molecule has 0 bridgehead atoms. The van der Waals surface area contributed by atoms with Gasteiger partial charge in [-0.3, -0.25) is 4.79 Å². The molecule has 1 aliphatic rings. The lowest BCUT2D eigenvalue weighted by Gasteiger charge is -2.28. The molecular weight excluding hydrogens is 264 g/mol. The Hall–Kier alpha value is -1.36. The third-order valence-corrected chi connectivity index (χ3v) is 4.57. The fraction of sp³-hybridized carbons (Fsp3) is 0.750. The number of hydrogen-bond donors (Lipinski definition) is 2. The second kappa shape index (κ2) is 6.60. The molecule has 0 aliphatic heterocycles. The monoisotopic (exact) mass is 292 g/mol. The average molecular weight is 292 g/mol. The lowest BCUT2D eigenvalue weighted by atomic mass is 9.96. The first-order chi connectivity index (χ1) is 9.98. The molecule has 2 rings (SSSR count). The van der Waals surface area contributed by atoms with Gasteiger partial charge in [-0.05, 0) is 58.9 Å². The van der Waals surface area contributed by atoms with E-state index in [1.165, 1.54) is 24.2 Å². The number of primary amides is 1. The van der Waals surface area contributed by atoms with Crippen LogP contribution in [0, 0.1) is 6.92 Å². The van der Waals surface area contributed by atoms with Crippen molar-refractivity contribution >= 4 is 5.91 Å². The van der Waals surface area contributed by atoms with E-state index in [4.69, 9.17) is 5.73 Å². The zero-order valence-electron chi connectivity index (χ0n) is 13.5. The number of aryl methyl sites for hydroxylation is 2. The summed E-state index contributed by atoms with van der Waals surface area (Å²) in [5.41, 5.74) is 7.57. The van der Waals surface area contributed by atoms with Crippen molar-refractivity contribution in [3.8, 4) is 0 Å². The Morgan fingerprint density at radius 3 is 2.81 bits per heavy atom. The number of hydrogen-bond acceptors (Lipinski definition) is 3. The summed E-state index contributed by atoms with van der Waals surface area (Å²) in [5, 5.41) is 3.30. The molecule has 3 N–H and O–H groups in total. The first-order valence-corrected chi connectivity index (χ1v) is 8.07. The largest absolute Gasteiger partial charge is 0.368 e. The third-order valence-electron chi connectivity index (χ3n) is 4.57. The fourth-order valence-corrected chi connectivity index (χ4v) is 3.07. The maximum Gasteiger partial charge on any atom is 0.237 e. The molecule has 0 spiro atoms. The Morgan fingerprint density at radius 2 is 2.14 bits per heavy atom. The van der Waals surface area contributed by atoms with Crippen molar-refractivity contribution in [1.82, 2.24) is 14.9 Å².